The zero-order valence-electron chi connectivity index (χ0n) is 17.1. The number of carbonyl (C=O) groups excluding carboxylic acids is 3. The third-order valence-electron chi connectivity index (χ3n) is 5.56. The highest BCUT2D eigenvalue weighted by Gasteiger charge is 2.28. The number of amides is 2. The van der Waals surface area contributed by atoms with Crippen LogP contribution in [-0.4, -0.2) is 42.4 Å². The van der Waals surface area contributed by atoms with Gasteiger partial charge in [0.1, 0.15) is 0 Å². The number of likely N-dealkylation sites (tertiary alicyclic amines) is 1. The number of benzene rings is 3. The zero-order chi connectivity index (χ0) is 21.6. The first-order valence-electron chi connectivity index (χ1n) is 10.4. The summed E-state index contributed by atoms with van der Waals surface area (Å²) in [6, 6.07) is 22.3. The second-order valence-corrected chi connectivity index (χ2v) is 7.65. The Bertz CT molecular complexity index is 1090. The van der Waals surface area contributed by atoms with E-state index in [1.807, 2.05) is 66.7 Å². The van der Waals surface area contributed by atoms with Crippen LogP contribution < -0.4 is 5.32 Å². The Kier molecular flexibility index (Phi) is 6.26. The summed E-state index contributed by atoms with van der Waals surface area (Å²) in [6.07, 6.45) is 1.04. The fraction of sp³-hybridized carbons (Fsp3) is 0.240. The monoisotopic (exact) mass is 416 g/mol. The van der Waals surface area contributed by atoms with Gasteiger partial charge in [-0.3, -0.25) is 9.59 Å². The highest BCUT2D eigenvalue weighted by atomic mass is 16.5. The van der Waals surface area contributed by atoms with E-state index in [0.29, 0.717) is 31.5 Å². The van der Waals surface area contributed by atoms with Crippen molar-refractivity contribution in [1.29, 1.82) is 0 Å². The lowest BCUT2D eigenvalue weighted by Gasteiger charge is -2.30. The van der Waals surface area contributed by atoms with Crippen LogP contribution in [-0.2, 0) is 9.53 Å². The molecule has 1 heterocycles. The Balaban J connectivity index is 1.25. The van der Waals surface area contributed by atoms with E-state index in [4.69, 9.17) is 4.74 Å². The fourth-order valence-electron chi connectivity index (χ4n) is 3.74. The molecule has 4 rings (SSSR count). The van der Waals surface area contributed by atoms with E-state index in [1.54, 1.807) is 11.0 Å². The standard InChI is InChI=1S/C25H24N2O4/c28-23(21-11-10-18-6-4-5-7-20(18)16-21)17-31-24(29)19-12-14-27(15-13-19)25(30)26-22-8-2-1-3-9-22/h1-11,16,19H,12-15,17H2,(H,26,30). The lowest BCUT2D eigenvalue weighted by atomic mass is 9.97. The first kappa shape index (κ1) is 20.6. The van der Waals surface area contributed by atoms with E-state index in [1.165, 1.54) is 0 Å². The van der Waals surface area contributed by atoms with Crippen molar-refractivity contribution in [2.24, 2.45) is 5.92 Å². The molecule has 6 nitrogen and oxygen atoms in total. The van der Waals surface area contributed by atoms with Gasteiger partial charge in [0.05, 0.1) is 5.92 Å². The van der Waals surface area contributed by atoms with Crippen molar-refractivity contribution >= 4 is 34.2 Å². The minimum absolute atomic E-state index is 0.176. The minimum Gasteiger partial charge on any atom is -0.457 e. The molecule has 158 valence electrons. The third kappa shape index (κ3) is 5.09. The summed E-state index contributed by atoms with van der Waals surface area (Å²) in [6.45, 7) is 0.667. The number of fused-ring (bicyclic) bond motifs is 1. The molecule has 0 unspecified atom stereocenters. The summed E-state index contributed by atoms with van der Waals surface area (Å²) in [4.78, 5) is 38.9. The van der Waals surface area contributed by atoms with Gasteiger partial charge in [0.2, 0.25) is 0 Å². The molecule has 1 saturated heterocycles. The number of ether oxygens (including phenoxy) is 1. The Hall–Kier alpha value is -3.67. The molecule has 0 saturated carbocycles. The van der Waals surface area contributed by atoms with Crippen LogP contribution in [0, 0.1) is 5.92 Å². The van der Waals surface area contributed by atoms with E-state index in [-0.39, 0.29) is 30.3 Å². The molecule has 0 aromatic heterocycles. The van der Waals surface area contributed by atoms with Crippen LogP contribution in [0.5, 0.6) is 0 Å². The Labute approximate surface area is 180 Å². The quantitative estimate of drug-likeness (QED) is 0.490. The summed E-state index contributed by atoms with van der Waals surface area (Å²) in [5, 5.41) is 4.88. The molecule has 1 N–H and O–H groups in total. The van der Waals surface area contributed by atoms with Gasteiger partial charge in [-0.2, -0.15) is 0 Å². The summed E-state index contributed by atoms with van der Waals surface area (Å²) < 4.78 is 5.29. The van der Waals surface area contributed by atoms with E-state index >= 15 is 0 Å². The SMILES string of the molecule is O=C(COC(=O)C1CCN(C(=O)Nc2ccccc2)CC1)c1ccc2ccccc2c1. The van der Waals surface area contributed by atoms with E-state index in [2.05, 4.69) is 5.32 Å². The average molecular weight is 416 g/mol. The van der Waals surface area contributed by atoms with Crippen molar-refractivity contribution < 1.29 is 19.1 Å². The van der Waals surface area contributed by atoms with Gasteiger partial charge in [-0.15, -0.1) is 0 Å². The first-order valence-corrected chi connectivity index (χ1v) is 10.4. The molecule has 2 amide bonds. The summed E-state index contributed by atoms with van der Waals surface area (Å²) in [5.41, 5.74) is 1.26. The van der Waals surface area contributed by atoms with Crippen LogP contribution in [0.2, 0.25) is 0 Å². The predicted octanol–water partition coefficient (Wildman–Crippen LogP) is 4.51. The summed E-state index contributed by atoms with van der Waals surface area (Å²) in [5.74, 6) is -0.902. The number of urea groups is 1. The molecule has 1 fully saturated rings. The number of hydrogen-bond donors (Lipinski definition) is 1. The van der Waals surface area contributed by atoms with Crippen LogP contribution in [0.4, 0.5) is 10.5 Å². The lowest BCUT2D eigenvalue weighted by molar-refractivity contribution is -0.148. The number of piperidine rings is 1. The number of Topliss-reactive ketones (excluding diaryl/α,β-unsaturated/α-hetero) is 1. The van der Waals surface area contributed by atoms with Crippen LogP contribution in [0.15, 0.2) is 72.8 Å². The number of rotatable bonds is 5. The van der Waals surface area contributed by atoms with Gasteiger partial charge in [-0.25, -0.2) is 4.79 Å². The number of ketones is 1. The molecule has 0 spiro atoms. The van der Waals surface area contributed by atoms with Crippen molar-refractivity contribution in [3.05, 3.63) is 78.4 Å². The predicted molar refractivity (Wildman–Crippen MR) is 119 cm³/mol. The number of para-hydroxylation sites is 1. The van der Waals surface area contributed by atoms with Crippen molar-refractivity contribution in [3.63, 3.8) is 0 Å². The number of nitrogens with one attached hydrogen (secondary N) is 1. The molecular formula is C25H24N2O4. The number of carbonyl (C=O) groups is 3. The Morgan fingerprint density at radius 3 is 2.29 bits per heavy atom. The average Bonchev–Trinajstić information content (AvgIpc) is 2.82. The second-order valence-electron chi connectivity index (χ2n) is 7.65. The van der Waals surface area contributed by atoms with Crippen LogP contribution in [0.25, 0.3) is 10.8 Å². The zero-order valence-corrected chi connectivity index (χ0v) is 17.1. The molecule has 3 aromatic carbocycles. The highest BCUT2D eigenvalue weighted by Crippen LogP contribution is 2.20. The number of nitrogens with zero attached hydrogens (tertiary/aromatic N) is 1. The smallest absolute Gasteiger partial charge is 0.321 e. The topological polar surface area (TPSA) is 75.7 Å². The third-order valence-corrected chi connectivity index (χ3v) is 5.56. The molecule has 0 radical (unpaired) electrons. The molecule has 31 heavy (non-hydrogen) atoms. The van der Waals surface area contributed by atoms with Crippen molar-refractivity contribution in [2.75, 3.05) is 25.0 Å². The second kappa shape index (κ2) is 9.43. The molecule has 1 aliphatic heterocycles. The van der Waals surface area contributed by atoms with E-state index in [0.717, 1.165) is 16.5 Å². The molecule has 3 aromatic rings. The molecular weight excluding hydrogens is 392 g/mol. The van der Waals surface area contributed by atoms with Crippen LogP contribution >= 0.6 is 0 Å². The van der Waals surface area contributed by atoms with Crippen molar-refractivity contribution in [3.8, 4) is 0 Å². The van der Waals surface area contributed by atoms with Crippen LogP contribution in [0.1, 0.15) is 23.2 Å². The Morgan fingerprint density at radius 1 is 0.871 bits per heavy atom. The number of esters is 1. The van der Waals surface area contributed by atoms with Crippen molar-refractivity contribution in [1.82, 2.24) is 4.90 Å². The van der Waals surface area contributed by atoms with Gasteiger partial charge in [0.15, 0.2) is 12.4 Å². The lowest BCUT2D eigenvalue weighted by Crippen LogP contribution is -2.42. The highest BCUT2D eigenvalue weighted by molar-refractivity contribution is 6.01. The van der Waals surface area contributed by atoms with E-state index in [9.17, 15) is 14.4 Å². The maximum absolute atomic E-state index is 12.5. The maximum atomic E-state index is 12.5. The molecule has 0 aliphatic carbocycles. The summed E-state index contributed by atoms with van der Waals surface area (Å²) >= 11 is 0. The van der Waals surface area contributed by atoms with Gasteiger partial charge in [0.25, 0.3) is 0 Å². The van der Waals surface area contributed by atoms with E-state index < -0.39 is 0 Å². The van der Waals surface area contributed by atoms with Crippen molar-refractivity contribution in [2.45, 2.75) is 12.8 Å². The molecule has 0 atom stereocenters. The normalized spacial score (nSPS) is 14.3. The fourth-order valence-corrected chi connectivity index (χ4v) is 3.74. The van der Waals surface area contributed by atoms with Gasteiger partial charge >= 0.3 is 12.0 Å². The number of hydrogen-bond acceptors (Lipinski definition) is 4. The molecule has 1 aliphatic rings. The van der Waals surface area contributed by atoms with Crippen LogP contribution in [0.3, 0.4) is 0 Å². The van der Waals surface area contributed by atoms with Gasteiger partial charge < -0.3 is 15.0 Å². The van der Waals surface area contributed by atoms with Gasteiger partial charge in [-0.05, 0) is 41.8 Å². The summed E-state index contributed by atoms with van der Waals surface area (Å²) in [7, 11) is 0. The number of anilines is 1. The Morgan fingerprint density at radius 2 is 1.55 bits per heavy atom. The molecule has 0 bridgehead atoms. The largest absolute Gasteiger partial charge is 0.457 e. The van der Waals surface area contributed by atoms with Gasteiger partial charge in [0, 0.05) is 24.3 Å². The molecule has 6 heteroatoms. The minimum atomic E-state index is -0.378. The first-order chi connectivity index (χ1) is 15.1. The maximum Gasteiger partial charge on any atom is 0.321 e. The van der Waals surface area contributed by atoms with Gasteiger partial charge in [-0.1, -0.05) is 54.6 Å².